The van der Waals surface area contributed by atoms with E-state index in [-0.39, 0.29) is 12.4 Å². The van der Waals surface area contributed by atoms with Gasteiger partial charge in [-0.3, -0.25) is 0 Å². The summed E-state index contributed by atoms with van der Waals surface area (Å²) in [5.41, 5.74) is 0. The SMILES string of the molecule is C=CCCCOC(=O)N[P@](Oc1ccccc1)Oc1c(F)c(F)c(F)c(F)c1F. The van der Waals surface area contributed by atoms with Crippen molar-refractivity contribution in [2.24, 2.45) is 0 Å². The smallest absolute Gasteiger partial charge is 0.419 e. The normalized spacial score (nSPS) is 11.5. The maximum absolute atomic E-state index is 13.9. The number of hydrogen-bond acceptors (Lipinski definition) is 4. The molecule has 0 heterocycles. The minimum absolute atomic E-state index is 0.00507. The molecule has 2 aromatic rings. The highest BCUT2D eigenvalue weighted by Crippen LogP contribution is 2.40. The molecule has 0 aromatic heterocycles. The molecule has 0 radical (unpaired) electrons. The van der Waals surface area contributed by atoms with E-state index in [9.17, 15) is 26.7 Å². The fourth-order valence-electron chi connectivity index (χ4n) is 1.89. The monoisotopic (exact) mass is 435 g/mol. The van der Waals surface area contributed by atoms with E-state index in [1.54, 1.807) is 24.3 Å². The number of allylic oxidation sites excluding steroid dienone is 1. The number of benzene rings is 2. The highest BCUT2D eigenvalue weighted by atomic mass is 31.2. The zero-order valence-corrected chi connectivity index (χ0v) is 15.7. The van der Waals surface area contributed by atoms with Crippen LogP contribution in [-0.2, 0) is 4.74 Å². The molecule has 2 rings (SSSR count). The largest absolute Gasteiger partial charge is 0.449 e. The lowest BCUT2D eigenvalue weighted by Gasteiger charge is -2.19. The van der Waals surface area contributed by atoms with Crippen molar-refractivity contribution in [3.8, 4) is 11.5 Å². The second-order valence-electron chi connectivity index (χ2n) is 5.33. The van der Waals surface area contributed by atoms with E-state index >= 15 is 0 Å². The number of ether oxygens (including phenoxy) is 1. The minimum Gasteiger partial charge on any atom is -0.449 e. The molecule has 0 bridgehead atoms. The van der Waals surface area contributed by atoms with Crippen LogP contribution in [0.2, 0.25) is 0 Å². The third kappa shape index (κ3) is 6.05. The number of hydrogen-bond donors (Lipinski definition) is 1. The lowest BCUT2D eigenvalue weighted by atomic mass is 10.3. The summed E-state index contributed by atoms with van der Waals surface area (Å²) >= 11 is 0. The van der Waals surface area contributed by atoms with Crippen molar-refractivity contribution in [1.29, 1.82) is 0 Å². The molecule has 0 aliphatic carbocycles. The molecule has 2 aromatic carbocycles. The van der Waals surface area contributed by atoms with Gasteiger partial charge in [-0.2, -0.15) is 8.78 Å². The molecule has 0 saturated carbocycles. The first-order valence-corrected chi connectivity index (χ1v) is 9.29. The van der Waals surface area contributed by atoms with Gasteiger partial charge in [0.2, 0.25) is 34.8 Å². The van der Waals surface area contributed by atoms with Crippen LogP contribution in [0.15, 0.2) is 43.0 Å². The molecule has 1 atom stereocenters. The first kappa shape index (κ1) is 22.4. The van der Waals surface area contributed by atoms with E-state index in [0.717, 1.165) is 0 Å². The topological polar surface area (TPSA) is 56.8 Å². The van der Waals surface area contributed by atoms with Crippen LogP contribution in [0.5, 0.6) is 11.5 Å². The quantitative estimate of drug-likeness (QED) is 0.136. The molecule has 156 valence electrons. The first-order valence-electron chi connectivity index (χ1n) is 8.12. The Morgan fingerprint density at radius 3 is 2.14 bits per heavy atom. The maximum atomic E-state index is 13.9. The summed E-state index contributed by atoms with van der Waals surface area (Å²) in [6, 6.07) is 7.59. The Morgan fingerprint density at radius 2 is 1.55 bits per heavy atom. The number of nitrogens with one attached hydrogen (secondary N) is 1. The van der Waals surface area contributed by atoms with E-state index in [1.807, 2.05) is 0 Å². The summed E-state index contributed by atoms with van der Waals surface area (Å²) in [4.78, 5) is 11.9. The van der Waals surface area contributed by atoms with Crippen molar-refractivity contribution in [2.45, 2.75) is 12.8 Å². The number of rotatable bonds is 9. The minimum atomic E-state index is -2.72. The van der Waals surface area contributed by atoms with Crippen molar-refractivity contribution < 1.29 is 40.5 Å². The number of halogens is 5. The van der Waals surface area contributed by atoms with Gasteiger partial charge in [0.1, 0.15) is 5.75 Å². The van der Waals surface area contributed by atoms with Crippen molar-refractivity contribution in [2.75, 3.05) is 6.61 Å². The molecule has 1 amide bonds. The summed E-state index contributed by atoms with van der Waals surface area (Å²) < 4.78 is 82.7. The average Bonchev–Trinajstić information content (AvgIpc) is 2.72. The van der Waals surface area contributed by atoms with Crippen molar-refractivity contribution in [3.63, 3.8) is 0 Å². The van der Waals surface area contributed by atoms with E-state index in [0.29, 0.717) is 12.8 Å². The summed E-state index contributed by atoms with van der Waals surface area (Å²) in [5.74, 6) is -12.6. The zero-order valence-electron chi connectivity index (χ0n) is 14.8. The third-order valence-electron chi connectivity index (χ3n) is 3.24. The van der Waals surface area contributed by atoms with E-state index < -0.39 is 49.5 Å². The lowest BCUT2D eigenvalue weighted by molar-refractivity contribution is 0.150. The fourth-order valence-corrected chi connectivity index (χ4v) is 2.87. The van der Waals surface area contributed by atoms with Crippen LogP contribution in [0.1, 0.15) is 12.8 Å². The lowest BCUT2D eigenvalue weighted by Crippen LogP contribution is -2.24. The molecule has 0 aliphatic heterocycles. The highest BCUT2D eigenvalue weighted by Gasteiger charge is 2.31. The molecule has 29 heavy (non-hydrogen) atoms. The molecule has 11 heteroatoms. The molecule has 0 spiro atoms. The maximum Gasteiger partial charge on any atom is 0.419 e. The van der Waals surface area contributed by atoms with Crippen LogP contribution in [0, 0.1) is 29.1 Å². The average molecular weight is 435 g/mol. The van der Waals surface area contributed by atoms with E-state index in [4.69, 9.17) is 13.8 Å². The predicted molar refractivity (Wildman–Crippen MR) is 94.8 cm³/mol. The highest BCUT2D eigenvalue weighted by molar-refractivity contribution is 7.46. The number of para-hydroxylation sites is 1. The Balaban J connectivity index is 2.22. The zero-order chi connectivity index (χ0) is 21.4. The van der Waals surface area contributed by atoms with Crippen LogP contribution in [0.25, 0.3) is 0 Å². The molecular weight excluding hydrogens is 420 g/mol. The first-order chi connectivity index (χ1) is 13.8. The Hall–Kier alpha value is -2.87. The molecule has 5 nitrogen and oxygen atoms in total. The van der Waals surface area contributed by atoms with Crippen LogP contribution in [0.3, 0.4) is 0 Å². The van der Waals surface area contributed by atoms with E-state index in [2.05, 4.69) is 11.7 Å². The molecular formula is C18H15F5NO4P. The van der Waals surface area contributed by atoms with Gasteiger partial charge in [-0.15, -0.1) is 6.58 Å². The number of amides is 1. The second kappa shape index (κ2) is 10.6. The summed E-state index contributed by atoms with van der Waals surface area (Å²) in [5, 5.41) is 2.06. The fraction of sp³-hybridized carbons (Fsp3) is 0.167. The van der Waals surface area contributed by atoms with Gasteiger partial charge >= 0.3 is 14.6 Å². The Bertz CT molecular complexity index is 840. The van der Waals surface area contributed by atoms with Crippen LogP contribution in [-0.4, -0.2) is 12.7 Å². The third-order valence-corrected chi connectivity index (χ3v) is 4.33. The second-order valence-corrected chi connectivity index (χ2v) is 6.43. The van der Waals surface area contributed by atoms with Crippen molar-refractivity contribution >= 4 is 14.6 Å². The summed E-state index contributed by atoms with van der Waals surface area (Å²) in [6.45, 7) is 3.50. The van der Waals surface area contributed by atoms with Gasteiger partial charge in [0, 0.05) is 0 Å². The Labute approximate surface area is 164 Å². The molecule has 0 saturated heterocycles. The van der Waals surface area contributed by atoms with Crippen LogP contribution < -0.4 is 14.1 Å². The summed E-state index contributed by atoms with van der Waals surface area (Å²) in [7, 11) is -2.72. The van der Waals surface area contributed by atoms with Gasteiger partial charge in [0.15, 0.2) is 0 Å². The van der Waals surface area contributed by atoms with Gasteiger partial charge in [-0.1, -0.05) is 24.3 Å². The number of unbranched alkanes of at least 4 members (excludes halogenated alkanes) is 1. The van der Waals surface area contributed by atoms with Gasteiger partial charge < -0.3 is 13.8 Å². The number of carbonyl (C=O) groups is 1. The van der Waals surface area contributed by atoms with Gasteiger partial charge in [0.25, 0.3) is 0 Å². The molecule has 1 N–H and O–H groups in total. The van der Waals surface area contributed by atoms with Gasteiger partial charge in [-0.05, 0) is 25.0 Å². The molecule has 0 aliphatic rings. The summed E-state index contributed by atoms with van der Waals surface area (Å²) in [6.07, 6.45) is 1.58. The van der Waals surface area contributed by atoms with Crippen LogP contribution in [0.4, 0.5) is 26.7 Å². The number of carbonyl (C=O) groups excluding carboxylic acids is 1. The van der Waals surface area contributed by atoms with Crippen molar-refractivity contribution in [3.05, 3.63) is 72.1 Å². The van der Waals surface area contributed by atoms with E-state index in [1.165, 1.54) is 12.1 Å². The van der Waals surface area contributed by atoms with Crippen LogP contribution >= 0.6 is 8.53 Å². The predicted octanol–water partition coefficient (Wildman–Crippen LogP) is 5.76. The molecule has 0 fully saturated rings. The van der Waals surface area contributed by atoms with Gasteiger partial charge in [-0.25, -0.2) is 23.1 Å². The Kier molecular flexibility index (Phi) is 8.21. The Morgan fingerprint density at radius 1 is 0.966 bits per heavy atom. The van der Waals surface area contributed by atoms with Gasteiger partial charge in [0.05, 0.1) is 6.61 Å². The molecule has 0 unspecified atom stereocenters. The standard InChI is InChI=1S/C18H15F5NO4P/c1-2-3-7-10-26-18(25)24-29(27-11-8-5-4-6-9-11)28-17-15(22)13(20)12(19)14(21)16(17)23/h2,4-6,8-9H,1,3,7,10H2,(H,24,25)/t29-/m1/s1. The van der Waals surface area contributed by atoms with Crippen molar-refractivity contribution in [1.82, 2.24) is 5.09 Å².